The number of ether oxygens (including phenoxy) is 2. The van der Waals surface area contributed by atoms with E-state index >= 15 is 0 Å². The highest BCUT2D eigenvalue weighted by atomic mass is 32.2. The van der Waals surface area contributed by atoms with E-state index in [9.17, 15) is 8.42 Å². The fraction of sp³-hybridized carbons (Fsp3) is 0.538. The summed E-state index contributed by atoms with van der Waals surface area (Å²) in [6.45, 7) is 2.50. The lowest BCUT2D eigenvalue weighted by Crippen LogP contribution is -2.41. The van der Waals surface area contributed by atoms with Crippen molar-refractivity contribution in [3.05, 3.63) is 18.2 Å². The summed E-state index contributed by atoms with van der Waals surface area (Å²) in [5, 5.41) is 0. The highest BCUT2D eigenvalue weighted by Crippen LogP contribution is 2.27. The number of sulfonamides is 1. The quantitative estimate of drug-likeness (QED) is 0.813. The Kier molecular flexibility index (Phi) is 4.52. The van der Waals surface area contributed by atoms with Gasteiger partial charge < -0.3 is 15.2 Å². The van der Waals surface area contributed by atoms with E-state index in [1.165, 1.54) is 19.2 Å². The SMILES string of the molecule is COc1cc(N)ccc1S(=O)(=O)NC1CCOC(C)C1. The summed E-state index contributed by atoms with van der Waals surface area (Å²) in [4.78, 5) is 0.105. The number of methoxy groups -OCH3 is 1. The number of nitrogens with two attached hydrogens (primary N) is 1. The van der Waals surface area contributed by atoms with Crippen LogP contribution >= 0.6 is 0 Å². The van der Waals surface area contributed by atoms with E-state index in [0.29, 0.717) is 25.1 Å². The van der Waals surface area contributed by atoms with Crippen molar-refractivity contribution in [1.29, 1.82) is 0 Å². The van der Waals surface area contributed by atoms with E-state index in [-0.39, 0.29) is 22.8 Å². The number of anilines is 1. The minimum absolute atomic E-state index is 0.0600. The van der Waals surface area contributed by atoms with Gasteiger partial charge in [0, 0.05) is 24.4 Å². The van der Waals surface area contributed by atoms with Crippen LogP contribution in [0.3, 0.4) is 0 Å². The van der Waals surface area contributed by atoms with Crippen molar-refractivity contribution in [1.82, 2.24) is 4.72 Å². The molecule has 0 aromatic heterocycles. The van der Waals surface area contributed by atoms with Crippen LogP contribution in [0.2, 0.25) is 0 Å². The number of rotatable bonds is 4. The van der Waals surface area contributed by atoms with Crippen molar-refractivity contribution in [3.63, 3.8) is 0 Å². The minimum atomic E-state index is -3.63. The number of hydrogen-bond donors (Lipinski definition) is 2. The summed E-state index contributed by atoms with van der Waals surface area (Å²) in [7, 11) is -2.21. The van der Waals surface area contributed by atoms with Gasteiger partial charge in [0.15, 0.2) is 0 Å². The van der Waals surface area contributed by atoms with Crippen LogP contribution in [0.4, 0.5) is 5.69 Å². The van der Waals surface area contributed by atoms with Gasteiger partial charge in [-0.3, -0.25) is 0 Å². The molecule has 20 heavy (non-hydrogen) atoms. The third-order valence-corrected chi connectivity index (χ3v) is 4.84. The molecule has 2 atom stereocenters. The first kappa shape index (κ1) is 15.1. The van der Waals surface area contributed by atoms with E-state index in [1.54, 1.807) is 6.07 Å². The Labute approximate surface area is 119 Å². The van der Waals surface area contributed by atoms with Crippen LogP contribution in [-0.2, 0) is 14.8 Å². The predicted molar refractivity (Wildman–Crippen MR) is 76.2 cm³/mol. The van der Waals surface area contributed by atoms with Gasteiger partial charge in [-0.15, -0.1) is 0 Å². The van der Waals surface area contributed by atoms with Crippen molar-refractivity contribution in [2.45, 2.75) is 36.8 Å². The first-order valence-corrected chi connectivity index (χ1v) is 7.98. The van der Waals surface area contributed by atoms with Gasteiger partial charge in [-0.25, -0.2) is 13.1 Å². The Hall–Kier alpha value is -1.31. The smallest absolute Gasteiger partial charge is 0.244 e. The number of nitrogen functional groups attached to an aromatic ring is 1. The van der Waals surface area contributed by atoms with Gasteiger partial charge in [0.05, 0.1) is 13.2 Å². The number of hydrogen-bond acceptors (Lipinski definition) is 5. The van der Waals surface area contributed by atoms with Crippen LogP contribution in [0.25, 0.3) is 0 Å². The summed E-state index contributed by atoms with van der Waals surface area (Å²) < 4.78 is 38.1. The molecule has 1 fully saturated rings. The maximum Gasteiger partial charge on any atom is 0.244 e. The first-order chi connectivity index (χ1) is 9.42. The molecule has 2 rings (SSSR count). The molecule has 2 unspecified atom stereocenters. The molecular formula is C13H20N2O4S. The Morgan fingerprint density at radius 2 is 2.20 bits per heavy atom. The third kappa shape index (κ3) is 3.41. The van der Waals surface area contributed by atoms with Crippen molar-refractivity contribution >= 4 is 15.7 Å². The second-order valence-corrected chi connectivity index (χ2v) is 6.62. The van der Waals surface area contributed by atoms with Crippen molar-refractivity contribution in [3.8, 4) is 5.75 Å². The molecule has 0 saturated carbocycles. The zero-order valence-corrected chi connectivity index (χ0v) is 12.4. The molecule has 0 bridgehead atoms. The van der Waals surface area contributed by atoms with Gasteiger partial charge in [-0.1, -0.05) is 0 Å². The van der Waals surface area contributed by atoms with Crippen molar-refractivity contribution in [2.24, 2.45) is 0 Å². The molecule has 1 aliphatic rings. The van der Waals surface area contributed by atoms with E-state index in [4.69, 9.17) is 15.2 Å². The average Bonchev–Trinajstić information content (AvgIpc) is 2.37. The van der Waals surface area contributed by atoms with Crippen LogP contribution in [0.5, 0.6) is 5.75 Å². The van der Waals surface area contributed by atoms with Gasteiger partial charge >= 0.3 is 0 Å². The molecule has 7 heteroatoms. The Balaban J connectivity index is 2.22. The van der Waals surface area contributed by atoms with Gasteiger partial charge in [-0.2, -0.15) is 0 Å². The Morgan fingerprint density at radius 3 is 2.85 bits per heavy atom. The molecule has 0 radical (unpaired) electrons. The lowest BCUT2D eigenvalue weighted by molar-refractivity contribution is 0.0173. The zero-order valence-electron chi connectivity index (χ0n) is 11.6. The van der Waals surface area contributed by atoms with Crippen LogP contribution in [0, 0.1) is 0 Å². The van der Waals surface area contributed by atoms with E-state index in [0.717, 1.165) is 0 Å². The fourth-order valence-electron chi connectivity index (χ4n) is 2.29. The largest absolute Gasteiger partial charge is 0.495 e. The molecule has 6 nitrogen and oxygen atoms in total. The third-order valence-electron chi connectivity index (χ3n) is 3.28. The van der Waals surface area contributed by atoms with Crippen molar-refractivity contribution in [2.75, 3.05) is 19.5 Å². The van der Waals surface area contributed by atoms with Crippen LogP contribution in [-0.4, -0.2) is 34.3 Å². The predicted octanol–water partition coefficient (Wildman–Crippen LogP) is 1.12. The topological polar surface area (TPSA) is 90.7 Å². The molecule has 0 amide bonds. The second kappa shape index (κ2) is 5.99. The Bertz CT molecular complexity index is 574. The summed E-state index contributed by atoms with van der Waals surface area (Å²) >= 11 is 0. The normalized spacial score (nSPS) is 23.5. The standard InChI is InChI=1S/C13H20N2O4S/c1-9-7-11(5-6-19-9)15-20(16,17)13-4-3-10(14)8-12(13)18-2/h3-4,8-9,11,15H,5-7,14H2,1-2H3. The molecule has 0 aliphatic carbocycles. The molecule has 1 saturated heterocycles. The number of benzene rings is 1. The molecule has 112 valence electrons. The minimum Gasteiger partial charge on any atom is -0.495 e. The maximum absolute atomic E-state index is 12.4. The van der Waals surface area contributed by atoms with Crippen molar-refractivity contribution < 1.29 is 17.9 Å². The highest BCUT2D eigenvalue weighted by Gasteiger charge is 2.27. The summed E-state index contributed by atoms with van der Waals surface area (Å²) in [5.74, 6) is 0.248. The first-order valence-electron chi connectivity index (χ1n) is 6.50. The fourth-order valence-corrected chi connectivity index (χ4v) is 3.73. The van der Waals surface area contributed by atoms with E-state index in [1.807, 2.05) is 6.92 Å². The average molecular weight is 300 g/mol. The second-order valence-electron chi connectivity index (χ2n) is 4.93. The maximum atomic E-state index is 12.4. The van der Waals surface area contributed by atoms with Gasteiger partial charge in [0.2, 0.25) is 10.0 Å². The van der Waals surface area contributed by atoms with E-state index in [2.05, 4.69) is 4.72 Å². The van der Waals surface area contributed by atoms with Crippen LogP contribution in [0.15, 0.2) is 23.1 Å². The van der Waals surface area contributed by atoms with Crippen LogP contribution in [0.1, 0.15) is 19.8 Å². The summed E-state index contributed by atoms with van der Waals surface area (Å²) in [6.07, 6.45) is 1.39. The molecule has 1 aliphatic heterocycles. The highest BCUT2D eigenvalue weighted by molar-refractivity contribution is 7.89. The lowest BCUT2D eigenvalue weighted by atomic mass is 10.1. The van der Waals surface area contributed by atoms with E-state index < -0.39 is 10.0 Å². The summed E-state index contributed by atoms with van der Waals surface area (Å²) in [6, 6.07) is 4.38. The Morgan fingerprint density at radius 1 is 1.45 bits per heavy atom. The monoisotopic (exact) mass is 300 g/mol. The molecule has 1 heterocycles. The van der Waals surface area contributed by atoms with Gasteiger partial charge in [0.25, 0.3) is 0 Å². The van der Waals surface area contributed by atoms with Crippen LogP contribution < -0.4 is 15.2 Å². The van der Waals surface area contributed by atoms with Gasteiger partial charge in [0.1, 0.15) is 10.6 Å². The molecule has 3 N–H and O–H groups in total. The molecule has 0 spiro atoms. The molecule has 1 aromatic rings. The lowest BCUT2D eigenvalue weighted by Gasteiger charge is -2.27. The summed E-state index contributed by atoms with van der Waals surface area (Å²) in [5.41, 5.74) is 6.10. The van der Waals surface area contributed by atoms with Gasteiger partial charge in [-0.05, 0) is 31.9 Å². The zero-order chi connectivity index (χ0) is 14.8. The number of nitrogens with one attached hydrogen (secondary N) is 1. The molecule has 1 aromatic carbocycles. The molecular weight excluding hydrogens is 280 g/mol.